The number of halogens is 1. The summed E-state index contributed by atoms with van der Waals surface area (Å²) in [6.07, 6.45) is 2.77. The molecule has 9 nitrogen and oxygen atoms in total. The first-order valence-corrected chi connectivity index (χ1v) is 13.1. The fraction of sp³-hybridized carbons (Fsp3) is 0.400. The summed E-state index contributed by atoms with van der Waals surface area (Å²) in [5.74, 6) is -1.39. The average Bonchev–Trinajstić information content (AvgIpc) is 2.74. The van der Waals surface area contributed by atoms with E-state index in [1.807, 2.05) is 6.07 Å². The molecule has 0 spiro atoms. The molecule has 36 heavy (non-hydrogen) atoms. The molecule has 0 bridgehead atoms. The van der Waals surface area contributed by atoms with Crippen LogP contribution in [0.15, 0.2) is 63.4 Å². The number of hydrogen-bond acceptors (Lipinski definition) is 8. The van der Waals surface area contributed by atoms with Gasteiger partial charge in [-0.2, -0.15) is 0 Å². The number of ether oxygens (including phenoxy) is 1. The molecular weight excluding hydrogens is 506 g/mol. The van der Waals surface area contributed by atoms with Crippen molar-refractivity contribution in [3.63, 3.8) is 0 Å². The monoisotopic (exact) mass is 535 g/mol. The fourth-order valence-electron chi connectivity index (χ4n) is 3.77. The van der Waals surface area contributed by atoms with E-state index in [1.54, 1.807) is 64.9 Å². The van der Waals surface area contributed by atoms with E-state index in [0.29, 0.717) is 5.02 Å². The average molecular weight is 536 g/mol. The zero-order valence-electron chi connectivity index (χ0n) is 21.3. The van der Waals surface area contributed by atoms with Gasteiger partial charge in [0.05, 0.1) is 16.2 Å². The predicted molar refractivity (Wildman–Crippen MR) is 137 cm³/mol. The number of rotatable bonds is 6. The highest BCUT2D eigenvalue weighted by Gasteiger charge is 2.58. The van der Waals surface area contributed by atoms with Gasteiger partial charge in [-0.1, -0.05) is 35.0 Å². The van der Waals surface area contributed by atoms with Crippen molar-refractivity contribution in [2.24, 2.45) is 5.16 Å². The Morgan fingerprint density at radius 1 is 1.25 bits per heavy atom. The molecule has 1 amide bonds. The maximum atomic E-state index is 13.5. The Morgan fingerprint density at radius 3 is 2.47 bits per heavy atom. The molecule has 0 aliphatic carbocycles. The van der Waals surface area contributed by atoms with Crippen molar-refractivity contribution < 1.29 is 27.6 Å². The summed E-state index contributed by atoms with van der Waals surface area (Å²) in [5, 5.41) is 3.12. The molecule has 2 heterocycles. The van der Waals surface area contributed by atoms with Gasteiger partial charge in [-0.25, -0.2) is 13.2 Å². The first-order chi connectivity index (χ1) is 16.6. The molecule has 0 saturated carbocycles. The molecule has 1 unspecified atom stereocenters. The van der Waals surface area contributed by atoms with Crippen molar-refractivity contribution in [2.45, 2.75) is 52.2 Å². The number of oxime groups is 1. The van der Waals surface area contributed by atoms with Crippen LogP contribution < -0.4 is 0 Å². The molecule has 2 aliphatic heterocycles. The van der Waals surface area contributed by atoms with Crippen molar-refractivity contribution in [3.8, 4) is 0 Å². The molecule has 0 radical (unpaired) electrons. The van der Waals surface area contributed by atoms with Crippen LogP contribution in [0.2, 0.25) is 5.02 Å². The molecule has 1 aromatic rings. The van der Waals surface area contributed by atoms with Gasteiger partial charge in [-0.05, 0) is 46.8 Å². The van der Waals surface area contributed by atoms with E-state index in [2.05, 4.69) is 5.16 Å². The highest BCUT2D eigenvalue weighted by Crippen LogP contribution is 2.45. The molecule has 1 aromatic carbocycles. The van der Waals surface area contributed by atoms with E-state index in [0.717, 1.165) is 10.5 Å². The standard InChI is InChI=1S/C25H30ClN3O6S/c1-15(27-34-14-17-10-8-9-11-19(17)26)12-18-22(30)29-21(24(31)35-25(3,4)5)16(2)20(13-28(6)7)36(32,33)23(18)29/h8-13,23H,14H2,1-7H3/b18-12-,20-13+,27-15+. The lowest BCUT2D eigenvalue weighted by Gasteiger charge is -2.46. The van der Waals surface area contributed by atoms with Crippen LogP contribution in [0.5, 0.6) is 0 Å². The summed E-state index contributed by atoms with van der Waals surface area (Å²) in [4.78, 5) is 34.0. The van der Waals surface area contributed by atoms with Crippen LogP contribution >= 0.6 is 11.6 Å². The number of fused-ring (bicyclic) bond motifs is 1. The Bertz CT molecular complexity index is 1320. The molecule has 0 aromatic heterocycles. The number of allylic oxidation sites excluding steroid dienone is 2. The maximum Gasteiger partial charge on any atom is 0.355 e. The lowest BCUT2D eigenvalue weighted by atomic mass is 10.0. The number of amides is 1. The lowest BCUT2D eigenvalue weighted by molar-refractivity contribution is -0.155. The molecule has 1 atom stereocenters. The Balaban J connectivity index is 1.98. The van der Waals surface area contributed by atoms with Gasteiger partial charge in [0.25, 0.3) is 5.91 Å². The summed E-state index contributed by atoms with van der Waals surface area (Å²) in [6.45, 7) is 8.26. The molecule has 2 aliphatic rings. The summed E-state index contributed by atoms with van der Waals surface area (Å²) in [6, 6.07) is 7.13. The third kappa shape index (κ3) is 5.49. The number of carbonyl (C=O) groups is 2. The largest absolute Gasteiger partial charge is 0.455 e. The topological polar surface area (TPSA) is 106 Å². The zero-order valence-corrected chi connectivity index (χ0v) is 22.9. The minimum Gasteiger partial charge on any atom is -0.455 e. The van der Waals surface area contributed by atoms with E-state index in [-0.39, 0.29) is 34.1 Å². The molecule has 11 heteroatoms. The van der Waals surface area contributed by atoms with E-state index in [9.17, 15) is 18.0 Å². The van der Waals surface area contributed by atoms with E-state index < -0.39 is 32.7 Å². The number of benzene rings is 1. The van der Waals surface area contributed by atoms with Gasteiger partial charge in [0.2, 0.25) is 9.84 Å². The van der Waals surface area contributed by atoms with E-state index >= 15 is 0 Å². The molecule has 1 fully saturated rings. The molecule has 194 valence electrons. The van der Waals surface area contributed by atoms with Crippen LogP contribution in [0, 0.1) is 0 Å². The van der Waals surface area contributed by atoms with Gasteiger partial charge in [0.15, 0.2) is 5.37 Å². The number of hydrogen-bond donors (Lipinski definition) is 0. The third-order valence-electron chi connectivity index (χ3n) is 5.25. The van der Waals surface area contributed by atoms with Crippen molar-refractivity contribution in [3.05, 3.63) is 68.9 Å². The molecule has 3 rings (SSSR count). The van der Waals surface area contributed by atoms with Crippen LogP contribution in [0.4, 0.5) is 0 Å². The van der Waals surface area contributed by atoms with Crippen LogP contribution in [0.3, 0.4) is 0 Å². The maximum absolute atomic E-state index is 13.5. The number of nitrogens with zero attached hydrogens (tertiary/aromatic N) is 3. The second-order valence-corrected chi connectivity index (χ2v) is 12.1. The van der Waals surface area contributed by atoms with Crippen LogP contribution in [0.25, 0.3) is 0 Å². The van der Waals surface area contributed by atoms with Crippen molar-refractivity contribution in [1.82, 2.24) is 9.80 Å². The van der Waals surface area contributed by atoms with E-state index in [4.69, 9.17) is 21.2 Å². The predicted octanol–water partition coefficient (Wildman–Crippen LogP) is 3.77. The SMILES string of the molecule is CC1=C(C(=O)OC(C)(C)C)N2C(=O)/C(=C/C(C)=N/OCc3ccccc3Cl)C2S(=O)(=O)/C1=C/N(C)C. The molecular formula is C25H30ClN3O6S. The fourth-order valence-corrected chi connectivity index (χ4v) is 6.06. The zero-order chi connectivity index (χ0) is 27.0. The van der Waals surface area contributed by atoms with Crippen LogP contribution in [-0.4, -0.2) is 60.9 Å². The second-order valence-electron chi connectivity index (χ2n) is 9.70. The van der Waals surface area contributed by atoms with Crippen LogP contribution in [-0.2, 0) is 35.6 Å². The third-order valence-corrected chi connectivity index (χ3v) is 7.70. The molecule has 1 saturated heterocycles. The van der Waals surface area contributed by atoms with Gasteiger partial charge in [0, 0.05) is 36.5 Å². The van der Waals surface area contributed by atoms with E-state index in [1.165, 1.54) is 19.2 Å². The number of sulfone groups is 1. The Morgan fingerprint density at radius 2 is 1.89 bits per heavy atom. The Kier molecular flexibility index (Phi) is 7.71. The highest BCUT2D eigenvalue weighted by molar-refractivity contribution is 7.96. The Hall–Kier alpha value is -3.11. The van der Waals surface area contributed by atoms with Crippen molar-refractivity contribution in [1.29, 1.82) is 0 Å². The second kappa shape index (κ2) is 10.1. The molecule has 0 N–H and O–H groups in total. The minimum atomic E-state index is -4.04. The number of carbonyl (C=O) groups excluding carboxylic acids is 2. The summed E-state index contributed by atoms with van der Waals surface area (Å²) >= 11 is 6.11. The van der Waals surface area contributed by atoms with Gasteiger partial charge in [-0.3, -0.25) is 9.69 Å². The first kappa shape index (κ1) is 27.5. The normalized spacial score (nSPS) is 21.9. The summed E-state index contributed by atoms with van der Waals surface area (Å²) in [7, 11) is -0.695. The highest BCUT2D eigenvalue weighted by atomic mass is 35.5. The van der Waals surface area contributed by atoms with Gasteiger partial charge >= 0.3 is 5.97 Å². The van der Waals surface area contributed by atoms with Crippen molar-refractivity contribution >= 4 is 39.0 Å². The smallest absolute Gasteiger partial charge is 0.355 e. The summed E-state index contributed by atoms with van der Waals surface area (Å²) < 4.78 is 32.6. The van der Waals surface area contributed by atoms with Crippen molar-refractivity contribution in [2.75, 3.05) is 14.1 Å². The summed E-state index contributed by atoms with van der Waals surface area (Å²) in [5.41, 5.74) is 0.209. The van der Waals surface area contributed by atoms with Gasteiger partial charge in [-0.15, -0.1) is 0 Å². The quantitative estimate of drug-likeness (QED) is 0.179. The van der Waals surface area contributed by atoms with Crippen LogP contribution in [0.1, 0.15) is 40.2 Å². The minimum absolute atomic E-state index is 0.0178. The first-order valence-electron chi connectivity index (χ1n) is 11.2. The lowest BCUT2D eigenvalue weighted by Crippen LogP contribution is -2.62. The number of esters is 1. The Labute approximate surface area is 216 Å². The van der Waals surface area contributed by atoms with Gasteiger partial charge < -0.3 is 14.5 Å². The number of β-lactam (4-membered cyclic amide) rings is 1. The van der Waals surface area contributed by atoms with Gasteiger partial charge in [0.1, 0.15) is 17.9 Å².